The molecule has 0 spiro atoms. The molecule has 0 saturated heterocycles. The predicted octanol–water partition coefficient (Wildman–Crippen LogP) is 9.44. The molecule has 2 aliphatic rings. The van der Waals surface area contributed by atoms with Gasteiger partial charge in [0.15, 0.2) is 0 Å². The van der Waals surface area contributed by atoms with Gasteiger partial charge in [-0.25, -0.2) is 0 Å². The number of para-hydroxylation sites is 4. The topological polar surface area (TPSA) is 16.4 Å². The Morgan fingerprint density at radius 3 is 1.69 bits per heavy atom. The van der Waals surface area contributed by atoms with E-state index in [1.165, 1.54) is 83.3 Å². The van der Waals surface area contributed by atoms with E-state index in [1.54, 1.807) is 0 Å². The smallest absolute Gasteiger partial charge is 0.213 e. The van der Waals surface area contributed by atoms with Crippen molar-refractivity contribution in [3.05, 3.63) is 161 Å². The fourth-order valence-electron chi connectivity index (χ4n) is 8.01. The molecule has 6 aromatic carbocycles. The van der Waals surface area contributed by atoms with E-state index in [4.69, 9.17) is 4.74 Å². The first kappa shape index (κ1) is 26.2. The van der Waals surface area contributed by atoms with Gasteiger partial charge in [-0.05, 0) is 68.8 Å². The van der Waals surface area contributed by atoms with Crippen LogP contribution in [-0.2, 0) is 25.0 Å². The standard InChI is InChI=1S/C42H33N2O/c1-43-35-21-7-3-15-29(35)41(30-16-4-8-22-36(30)43)33-19-11-13-27-25-45-26-28-14-12-20-34(40(28)39(27)33)42-31-17-5-9-23-37(31)44(2)38-24-10-6-18-32(38)42/h3-24,41H,25-26H2,1-2H3/q+1. The molecule has 9 rings (SSSR count). The molecule has 0 bridgehead atoms. The van der Waals surface area contributed by atoms with E-state index in [2.05, 4.69) is 157 Å². The quantitative estimate of drug-likeness (QED) is 0.149. The number of nitrogens with zero attached hydrogens (tertiary/aromatic N) is 2. The van der Waals surface area contributed by atoms with E-state index >= 15 is 0 Å². The largest absolute Gasteiger partial charge is 0.372 e. The summed E-state index contributed by atoms with van der Waals surface area (Å²) in [5.41, 5.74) is 16.6. The minimum Gasteiger partial charge on any atom is -0.372 e. The predicted molar refractivity (Wildman–Crippen MR) is 184 cm³/mol. The minimum absolute atomic E-state index is 0.0876. The molecule has 0 unspecified atom stereocenters. The van der Waals surface area contributed by atoms with Crippen molar-refractivity contribution < 1.29 is 9.30 Å². The van der Waals surface area contributed by atoms with Gasteiger partial charge in [-0.2, -0.15) is 4.57 Å². The van der Waals surface area contributed by atoms with Crippen LogP contribution in [0.3, 0.4) is 0 Å². The van der Waals surface area contributed by atoms with Crippen molar-refractivity contribution in [3.8, 4) is 22.3 Å². The van der Waals surface area contributed by atoms with E-state index in [9.17, 15) is 0 Å². The molecule has 216 valence electrons. The van der Waals surface area contributed by atoms with Gasteiger partial charge in [-0.1, -0.05) is 97.1 Å². The lowest BCUT2D eigenvalue weighted by atomic mass is 9.75. The van der Waals surface area contributed by atoms with Gasteiger partial charge in [0.05, 0.1) is 24.0 Å². The van der Waals surface area contributed by atoms with E-state index < -0.39 is 0 Å². The molecule has 45 heavy (non-hydrogen) atoms. The Kier molecular flexibility index (Phi) is 5.91. The average molecular weight is 582 g/mol. The summed E-state index contributed by atoms with van der Waals surface area (Å²) in [6.45, 7) is 1.16. The molecule has 0 atom stereocenters. The first-order valence-corrected chi connectivity index (χ1v) is 15.7. The maximum atomic E-state index is 6.42. The number of ether oxygens (including phenoxy) is 1. The molecular weight excluding hydrogens is 548 g/mol. The molecule has 0 amide bonds. The molecule has 0 fully saturated rings. The summed E-state index contributed by atoms with van der Waals surface area (Å²) in [4.78, 5) is 2.34. The summed E-state index contributed by atoms with van der Waals surface area (Å²) in [6, 6.07) is 49.1. The highest BCUT2D eigenvalue weighted by Gasteiger charge is 2.34. The molecule has 0 saturated carbocycles. The van der Waals surface area contributed by atoms with Crippen LogP contribution in [0.5, 0.6) is 0 Å². The fraction of sp³-hybridized carbons (Fsp3) is 0.119. The first-order valence-electron chi connectivity index (χ1n) is 15.7. The Balaban J connectivity index is 1.41. The SMILES string of the molecule is CN1c2ccccc2C(c2cccc3c2-c2c(cccc2-c2c4ccccc4[n+](C)c4ccccc24)COC3)c2ccccc21. The monoisotopic (exact) mass is 581 g/mol. The van der Waals surface area contributed by atoms with Gasteiger partial charge < -0.3 is 9.64 Å². The average Bonchev–Trinajstić information content (AvgIpc) is 3.29. The van der Waals surface area contributed by atoms with Crippen LogP contribution in [0.25, 0.3) is 44.1 Å². The maximum Gasteiger partial charge on any atom is 0.213 e. The minimum atomic E-state index is 0.0876. The Morgan fingerprint density at radius 2 is 1.04 bits per heavy atom. The Hall–Kier alpha value is -5.25. The van der Waals surface area contributed by atoms with E-state index in [0.717, 1.165) is 0 Å². The summed E-state index contributed by atoms with van der Waals surface area (Å²) in [5, 5.41) is 2.51. The van der Waals surface area contributed by atoms with Crippen LogP contribution in [0.1, 0.15) is 33.7 Å². The number of benzene rings is 6. The number of fused-ring (bicyclic) bond motifs is 7. The van der Waals surface area contributed by atoms with Crippen molar-refractivity contribution in [1.29, 1.82) is 0 Å². The zero-order chi connectivity index (χ0) is 30.1. The van der Waals surface area contributed by atoms with Crippen molar-refractivity contribution in [3.63, 3.8) is 0 Å². The maximum absolute atomic E-state index is 6.42. The lowest BCUT2D eigenvalue weighted by Crippen LogP contribution is -2.30. The van der Waals surface area contributed by atoms with Crippen molar-refractivity contribution >= 4 is 33.2 Å². The van der Waals surface area contributed by atoms with Crippen LogP contribution in [0.15, 0.2) is 133 Å². The zero-order valence-electron chi connectivity index (χ0n) is 25.5. The highest BCUT2D eigenvalue weighted by Crippen LogP contribution is 2.52. The molecule has 3 heteroatoms. The third-order valence-electron chi connectivity index (χ3n) is 9.97. The lowest BCUT2D eigenvalue weighted by molar-refractivity contribution is -0.617. The molecule has 3 heterocycles. The third kappa shape index (κ3) is 3.84. The summed E-state index contributed by atoms with van der Waals surface area (Å²) in [7, 11) is 4.36. The first-order chi connectivity index (χ1) is 22.2. The van der Waals surface area contributed by atoms with Gasteiger partial charge in [0, 0.05) is 42.0 Å². The van der Waals surface area contributed by atoms with E-state index in [0.29, 0.717) is 13.2 Å². The lowest BCUT2D eigenvalue weighted by Gasteiger charge is -2.37. The number of hydrogen-bond donors (Lipinski definition) is 0. The molecule has 3 nitrogen and oxygen atoms in total. The van der Waals surface area contributed by atoms with Gasteiger partial charge in [0.1, 0.15) is 7.05 Å². The Morgan fingerprint density at radius 1 is 0.533 bits per heavy atom. The summed E-state index contributed by atoms with van der Waals surface area (Å²) >= 11 is 0. The number of rotatable bonds is 2. The van der Waals surface area contributed by atoms with Gasteiger partial charge in [-0.15, -0.1) is 0 Å². The van der Waals surface area contributed by atoms with Crippen LogP contribution in [0.4, 0.5) is 11.4 Å². The summed E-state index contributed by atoms with van der Waals surface area (Å²) in [5.74, 6) is 0.0876. The fourth-order valence-corrected chi connectivity index (χ4v) is 8.01. The van der Waals surface area contributed by atoms with E-state index in [1.807, 2.05) is 0 Å². The second-order valence-electron chi connectivity index (χ2n) is 12.3. The number of anilines is 2. The van der Waals surface area contributed by atoms with Gasteiger partial charge in [-0.3, -0.25) is 0 Å². The molecule has 0 aliphatic carbocycles. The second kappa shape index (κ2) is 10.2. The van der Waals surface area contributed by atoms with Crippen LogP contribution in [-0.4, -0.2) is 7.05 Å². The number of pyridine rings is 1. The van der Waals surface area contributed by atoms with Crippen LogP contribution >= 0.6 is 0 Å². The van der Waals surface area contributed by atoms with Crippen molar-refractivity contribution in [2.24, 2.45) is 7.05 Å². The summed E-state index contributed by atoms with van der Waals surface area (Å²) in [6.07, 6.45) is 0. The number of aryl methyl sites for hydroxylation is 1. The van der Waals surface area contributed by atoms with Gasteiger partial charge in [0.25, 0.3) is 0 Å². The molecule has 1 aromatic heterocycles. The number of hydrogen-bond acceptors (Lipinski definition) is 2. The molecule has 0 N–H and O–H groups in total. The van der Waals surface area contributed by atoms with Gasteiger partial charge in [0.2, 0.25) is 11.0 Å². The van der Waals surface area contributed by atoms with E-state index in [-0.39, 0.29) is 5.92 Å². The Bertz CT molecular complexity index is 2200. The molecule has 7 aromatic rings. The number of aromatic nitrogens is 1. The molecule has 0 radical (unpaired) electrons. The zero-order valence-corrected chi connectivity index (χ0v) is 25.5. The Labute approximate surface area is 263 Å². The van der Waals surface area contributed by atoms with Crippen molar-refractivity contribution in [1.82, 2.24) is 0 Å². The van der Waals surface area contributed by atoms with Crippen LogP contribution < -0.4 is 9.47 Å². The highest BCUT2D eigenvalue weighted by molar-refractivity contribution is 6.10. The van der Waals surface area contributed by atoms with Gasteiger partial charge >= 0.3 is 0 Å². The molecule has 2 aliphatic heterocycles. The third-order valence-corrected chi connectivity index (χ3v) is 9.97. The van der Waals surface area contributed by atoms with Crippen molar-refractivity contribution in [2.75, 3.05) is 11.9 Å². The summed E-state index contributed by atoms with van der Waals surface area (Å²) < 4.78 is 8.74. The van der Waals surface area contributed by atoms with Crippen LogP contribution in [0, 0.1) is 0 Å². The normalized spacial score (nSPS) is 14.0. The van der Waals surface area contributed by atoms with Crippen LogP contribution in [0.2, 0.25) is 0 Å². The second-order valence-corrected chi connectivity index (χ2v) is 12.3. The molecular formula is C42H33N2O+. The van der Waals surface area contributed by atoms with Crippen molar-refractivity contribution in [2.45, 2.75) is 19.1 Å². The highest BCUT2D eigenvalue weighted by atomic mass is 16.5.